The number of amides is 2. The van der Waals surface area contributed by atoms with E-state index in [-0.39, 0.29) is 41.6 Å². The van der Waals surface area contributed by atoms with Gasteiger partial charge < -0.3 is 24.8 Å². The number of nitrogens with one attached hydrogen (secondary N) is 2. The molecule has 0 spiro atoms. The molecule has 0 bridgehead atoms. The van der Waals surface area contributed by atoms with Crippen molar-refractivity contribution in [2.24, 2.45) is 0 Å². The summed E-state index contributed by atoms with van der Waals surface area (Å²) in [5.74, 6) is -0.480. The summed E-state index contributed by atoms with van der Waals surface area (Å²) in [5.41, 5.74) is 2.06. The molecule has 2 N–H and O–H groups in total. The van der Waals surface area contributed by atoms with Gasteiger partial charge in [-0.3, -0.25) is 9.48 Å². The Labute approximate surface area is 254 Å². The second-order valence-corrected chi connectivity index (χ2v) is 12.8. The van der Waals surface area contributed by atoms with Gasteiger partial charge in [0.1, 0.15) is 11.3 Å². The molecular formula is C30H36FN9O4. The summed E-state index contributed by atoms with van der Waals surface area (Å²) >= 11 is 0. The normalized spacial score (nSPS) is 13.9. The summed E-state index contributed by atoms with van der Waals surface area (Å²) in [6.07, 6.45) is 4.17. The second-order valence-electron chi connectivity index (χ2n) is 12.8. The highest BCUT2D eigenvalue weighted by Crippen LogP contribution is 2.27. The Morgan fingerprint density at radius 1 is 1.11 bits per heavy atom. The van der Waals surface area contributed by atoms with E-state index in [4.69, 9.17) is 9.26 Å². The van der Waals surface area contributed by atoms with Gasteiger partial charge in [0.15, 0.2) is 5.82 Å². The average molecular weight is 606 g/mol. The fraction of sp³-hybridized carbons (Fsp3) is 0.433. The van der Waals surface area contributed by atoms with E-state index < -0.39 is 17.3 Å². The number of aryl methyl sites for hydroxylation is 1. The minimum absolute atomic E-state index is 0.0159. The Morgan fingerprint density at radius 2 is 1.86 bits per heavy atom. The van der Waals surface area contributed by atoms with Crippen LogP contribution in [0.15, 0.2) is 41.3 Å². The largest absolute Gasteiger partial charge is 0.444 e. The molecule has 44 heavy (non-hydrogen) atoms. The van der Waals surface area contributed by atoms with Gasteiger partial charge in [-0.25, -0.2) is 19.2 Å². The van der Waals surface area contributed by atoms with E-state index in [2.05, 4.69) is 35.8 Å². The lowest BCUT2D eigenvalue weighted by molar-refractivity contribution is -0.000389. The van der Waals surface area contributed by atoms with Crippen LogP contribution in [0.3, 0.4) is 0 Å². The smallest absolute Gasteiger partial charge is 0.410 e. The van der Waals surface area contributed by atoms with E-state index in [0.29, 0.717) is 30.2 Å². The lowest BCUT2D eigenvalue weighted by Crippen LogP contribution is -2.52. The summed E-state index contributed by atoms with van der Waals surface area (Å²) in [4.78, 5) is 39.0. The van der Waals surface area contributed by atoms with Crippen molar-refractivity contribution in [3.63, 3.8) is 0 Å². The maximum absolute atomic E-state index is 14.8. The van der Waals surface area contributed by atoms with Crippen molar-refractivity contribution in [1.82, 2.24) is 40.1 Å². The van der Waals surface area contributed by atoms with Crippen LogP contribution in [0.25, 0.3) is 11.3 Å². The number of likely N-dealkylation sites (tertiary alicyclic amines) is 1. The molecular weight excluding hydrogens is 569 g/mol. The highest BCUT2D eigenvalue weighted by molar-refractivity contribution is 5.90. The van der Waals surface area contributed by atoms with Crippen LogP contribution < -0.4 is 10.6 Å². The van der Waals surface area contributed by atoms with Crippen LogP contribution >= 0.6 is 0 Å². The molecule has 0 atom stereocenters. The van der Waals surface area contributed by atoms with Crippen molar-refractivity contribution in [2.75, 3.05) is 18.4 Å². The summed E-state index contributed by atoms with van der Waals surface area (Å²) in [7, 11) is 0. The van der Waals surface area contributed by atoms with Crippen LogP contribution in [0.5, 0.6) is 0 Å². The Hall–Kier alpha value is -4.88. The monoisotopic (exact) mass is 605 g/mol. The molecule has 1 fully saturated rings. The molecule has 5 rings (SSSR count). The number of benzene rings is 1. The number of halogens is 1. The lowest BCUT2D eigenvalue weighted by Gasteiger charge is -2.39. The van der Waals surface area contributed by atoms with E-state index in [1.165, 1.54) is 0 Å². The number of hydrogen-bond acceptors (Lipinski definition) is 10. The SMILES string of the molecule is Cc1cc(-c2nc(Nc3cnn(C4CN(C(=O)OC(C)(C)C)C4)c3)ncc2F)ccc1CNC(=O)c1noc(C(C)(C)C)n1. The van der Waals surface area contributed by atoms with E-state index in [9.17, 15) is 14.0 Å². The molecule has 4 heterocycles. The van der Waals surface area contributed by atoms with Crippen LogP contribution in [0.1, 0.15) is 75.2 Å². The van der Waals surface area contributed by atoms with Gasteiger partial charge in [0.05, 0.1) is 24.1 Å². The Balaban J connectivity index is 1.20. The van der Waals surface area contributed by atoms with Gasteiger partial charge in [-0.05, 0) is 44.9 Å². The number of carbonyl (C=O) groups excluding carboxylic acids is 2. The molecule has 2 amide bonds. The third kappa shape index (κ3) is 7.01. The topological polar surface area (TPSA) is 153 Å². The number of nitrogens with zero attached hydrogens (tertiary/aromatic N) is 7. The van der Waals surface area contributed by atoms with Crippen LogP contribution in [0.4, 0.5) is 20.8 Å². The van der Waals surface area contributed by atoms with E-state index in [1.807, 2.05) is 48.5 Å². The molecule has 1 aliphatic heterocycles. The lowest BCUT2D eigenvalue weighted by atomic mass is 9.97. The van der Waals surface area contributed by atoms with Gasteiger partial charge in [-0.15, -0.1) is 0 Å². The summed E-state index contributed by atoms with van der Waals surface area (Å²) in [6.45, 7) is 14.3. The highest BCUT2D eigenvalue weighted by Gasteiger charge is 2.35. The quantitative estimate of drug-likeness (QED) is 0.296. The number of anilines is 2. The molecule has 0 aliphatic carbocycles. The van der Waals surface area contributed by atoms with Gasteiger partial charge in [0.2, 0.25) is 11.8 Å². The van der Waals surface area contributed by atoms with Gasteiger partial charge in [0, 0.05) is 36.8 Å². The second kappa shape index (κ2) is 11.7. The fourth-order valence-corrected chi connectivity index (χ4v) is 4.38. The first-order valence-electron chi connectivity index (χ1n) is 14.2. The molecule has 13 nitrogen and oxygen atoms in total. The van der Waals surface area contributed by atoms with Gasteiger partial charge in [-0.1, -0.05) is 38.1 Å². The molecule has 1 aliphatic rings. The molecule has 0 radical (unpaired) electrons. The van der Waals surface area contributed by atoms with Crippen LogP contribution in [0.2, 0.25) is 0 Å². The Bertz CT molecular complexity index is 1680. The van der Waals surface area contributed by atoms with E-state index in [0.717, 1.165) is 17.3 Å². The Morgan fingerprint density at radius 3 is 2.52 bits per heavy atom. The molecule has 1 saturated heterocycles. The number of ether oxygens (including phenoxy) is 1. The maximum atomic E-state index is 14.8. The fourth-order valence-electron chi connectivity index (χ4n) is 4.38. The standard InChI is InChI=1S/C30H36FN9O4/c1-17-10-18(8-9-19(17)11-32-25(41)24-37-26(44-38-24)29(2,3)4)23-22(31)13-33-27(36-23)35-20-12-34-40(14-20)21-15-39(16-21)28(42)43-30(5,6)7/h8-10,12-14,21H,11,15-16H2,1-7H3,(H,32,41)(H,33,35,36). The first-order valence-corrected chi connectivity index (χ1v) is 14.2. The van der Waals surface area contributed by atoms with E-state index >= 15 is 0 Å². The van der Waals surface area contributed by atoms with Gasteiger partial charge in [-0.2, -0.15) is 10.1 Å². The third-order valence-electron chi connectivity index (χ3n) is 6.82. The van der Waals surface area contributed by atoms with Crippen molar-refractivity contribution < 1.29 is 23.2 Å². The van der Waals surface area contributed by atoms with E-state index in [1.54, 1.807) is 40.2 Å². The third-order valence-corrected chi connectivity index (χ3v) is 6.82. The first-order chi connectivity index (χ1) is 20.7. The molecule has 0 saturated carbocycles. The zero-order chi connectivity index (χ0) is 31.8. The zero-order valence-corrected chi connectivity index (χ0v) is 25.8. The number of aromatic nitrogens is 6. The number of rotatable bonds is 7. The van der Waals surface area contributed by atoms with Crippen molar-refractivity contribution in [2.45, 2.75) is 72.1 Å². The zero-order valence-electron chi connectivity index (χ0n) is 25.8. The first kappa shape index (κ1) is 30.6. The molecule has 3 aromatic heterocycles. The van der Waals surface area contributed by atoms with Crippen LogP contribution in [-0.4, -0.2) is 65.5 Å². The Kier molecular flexibility index (Phi) is 8.10. The predicted octanol–water partition coefficient (Wildman–Crippen LogP) is 4.93. The van der Waals surface area contributed by atoms with Crippen LogP contribution in [-0.2, 0) is 16.7 Å². The van der Waals surface area contributed by atoms with Crippen LogP contribution in [0, 0.1) is 12.7 Å². The maximum Gasteiger partial charge on any atom is 0.410 e. The molecule has 1 aromatic carbocycles. The molecule has 232 valence electrons. The van der Waals surface area contributed by atoms with Crippen molar-refractivity contribution >= 4 is 23.6 Å². The number of hydrogen-bond donors (Lipinski definition) is 2. The van der Waals surface area contributed by atoms with Crippen molar-refractivity contribution in [3.8, 4) is 11.3 Å². The summed E-state index contributed by atoms with van der Waals surface area (Å²) < 4.78 is 27.2. The summed E-state index contributed by atoms with van der Waals surface area (Å²) in [5, 5.41) is 14.0. The molecule has 0 unspecified atom stereocenters. The highest BCUT2D eigenvalue weighted by atomic mass is 19.1. The average Bonchev–Trinajstić information content (AvgIpc) is 3.57. The minimum atomic E-state index is -0.574. The van der Waals surface area contributed by atoms with Gasteiger partial charge >= 0.3 is 6.09 Å². The minimum Gasteiger partial charge on any atom is -0.444 e. The number of carbonyl (C=O) groups is 2. The summed E-state index contributed by atoms with van der Waals surface area (Å²) in [6, 6.07) is 5.36. The predicted molar refractivity (Wildman–Crippen MR) is 159 cm³/mol. The molecule has 4 aromatic rings. The molecule has 14 heteroatoms. The van der Waals surface area contributed by atoms with Crippen molar-refractivity contribution in [3.05, 3.63) is 65.4 Å². The van der Waals surface area contributed by atoms with Crippen molar-refractivity contribution in [1.29, 1.82) is 0 Å². The van der Waals surface area contributed by atoms with Gasteiger partial charge in [0.25, 0.3) is 11.7 Å².